The van der Waals surface area contributed by atoms with Crippen LogP contribution in [0.3, 0.4) is 0 Å². The Labute approximate surface area is 142 Å². The van der Waals surface area contributed by atoms with Crippen LogP contribution in [-0.4, -0.2) is 45.6 Å². The molecule has 0 aromatic carbocycles. The number of hydrogen-bond donors (Lipinski definition) is 1. The lowest BCUT2D eigenvalue weighted by atomic mass is 10.1. The van der Waals surface area contributed by atoms with Crippen LogP contribution < -0.4 is 10.9 Å². The molecule has 0 bridgehead atoms. The summed E-state index contributed by atoms with van der Waals surface area (Å²) < 4.78 is 1.84. The number of hydrogen-bond acceptors (Lipinski definition) is 5. The molecule has 0 spiro atoms. The Morgan fingerprint density at radius 3 is 2.96 bits per heavy atom. The van der Waals surface area contributed by atoms with Crippen LogP contribution >= 0.6 is 0 Å². The molecule has 0 aliphatic carbocycles. The summed E-state index contributed by atoms with van der Waals surface area (Å²) in [6.07, 6.45) is 6.56. The van der Waals surface area contributed by atoms with Crippen molar-refractivity contribution in [3.8, 4) is 0 Å². The van der Waals surface area contributed by atoms with Gasteiger partial charge in [-0.05, 0) is 32.4 Å². The molecule has 0 saturated carbocycles. The first kappa shape index (κ1) is 17.0. The molecule has 1 aliphatic rings. The highest BCUT2D eigenvalue weighted by molar-refractivity contribution is 5.76. The molecule has 1 unspecified atom stereocenters. The van der Waals surface area contributed by atoms with Crippen molar-refractivity contribution in [2.24, 2.45) is 0 Å². The second-order valence-corrected chi connectivity index (χ2v) is 6.36. The fraction of sp³-hybridized carbons (Fsp3) is 0.611. The molecular formula is C18H27N5O. The predicted molar refractivity (Wildman–Crippen MR) is 96.2 cm³/mol. The minimum absolute atomic E-state index is 0.0275. The zero-order valence-electron chi connectivity index (χ0n) is 14.7. The van der Waals surface area contributed by atoms with Gasteiger partial charge in [0.1, 0.15) is 5.82 Å². The van der Waals surface area contributed by atoms with Crippen LogP contribution in [0.4, 0.5) is 0 Å². The number of nitrogens with one attached hydrogen (secondary N) is 1. The molecule has 1 atom stereocenters. The van der Waals surface area contributed by atoms with Crippen LogP contribution in [0.5, 0.6) is 0 Å². The topological polar surface area (TPSA) is 63.1 Å². The van der Waals surface area contributed by atoms with Crippen molar-refractivity contribution in [1.82, 2.24) is 24.8 Å². The summed E-state index contributed by atoms with van der Waals surface area (Å²) in [6.45, 7) is 8.95. The number of aromatic nitrogens is 3. The molecule has 6 nitrogen and oxygen atoms in total. The van der Waals surface area contributed by atoms with Gasteiger partial charge in [0, 0.05) is 38.6 Å². The van der Waals surface area contributed by atoms with Crippen molar-refractivity contribution in [1.29, 1.82) is 0 Å². The van der Waals surface area contributed by atoms with E-state index in [1.165, 1.54) is 0 Å². The Morgan fingerprint density at radius 1 is 1.29 bits per heavy atom. The molecule has 6 heteroatoms. The monoisotopic (exact) mass is 329 g/mol. The van der Waals surface area contributed by atoms with E-state index in [0.29, 0.717) is 11.9 Å². The molecule has 130 valence electrons. The predicted octanol–water partition coefficient (Wildman–Crippen LogP) is 1.95. The van der Waals surface area contributed by atoms with E-state index >= 15 is 0 Å². The fourth-order valence-corrected chi connectivity index (χ4v) is 3.57. The Morgan fingerprint density at radius 2 is 2.17 bits per heavy atom. The molecule has 2 aromatic rings. The Balaban J connectivity index is 2.10. The Bertz CT molecular complexity index is 734. The summed E-state index contributed by atoms with van der Waals surface area (Å²) in [5, 5.41) is 4.06. The van der Waals surface area contributed by atoms with Crippen molar-refractivity contribution in [3.63, 3.8) is 0 Å². The average molecular weight is 329 g/mol. The van der Waals surface area contributed by atoms with Crippen LogP contribution in [-0.2, 0) is 6.54 Å². The highest BCUT2D eigenvalue weighted by Gasteiger charge is 2.25. The standard InChI is InChI=1S/C18H27N5O/c1-3-6-16(22-11-5-8-19-10-12-22)17-21-15-7-9-20-13-14(15)18(24)23(17)4-2/h7,9,13,16,19H,3-6,8,10-12H2,1-2H3. The van der Waals surface area contributed by atoms with Crippen molar-refractivity contribution in [3.05, 3.63) is 34.6 Å². The molecule has 24 heavy (non-hydrogen) atoms. The molecule has 3 rings (SSSR count). The third kappa shape index (κ3) is 3.35. The highest BCUT2D eigenvalue weighted by atomic mass is 16.1. The summed E-state index contributed by atoms with van der Waals surface area (Å²) in [5.41, 5.74) is 0.781. The van der Waals surface area contributed by atoms with Crippen LogP contribution in [0.15, 0.2) is 23.3 Å². The van der Waals surface area contributed by atoms with Crippen LogP contribution in [0.25, 0.3) is 10.9 Å². The third-order valence-electron chi connectivity index (χ3n) is 4.78. The molecule has 0 amide bonds. The van der Waals surface area contributed by atoms with Gasteiger partial charge in [-0.25, -0.2) is 4.98 Å². The summed E-state index contributed by atoms with van der Waals surface area (Å²) in [5.74, 6) is 0.907. The van der Waals surface area contributed by atoms with Gasteiger partial charge in [0.2, 0.25) is 0 Å². The lowest BCUT2D eigenvalue weighted by Gasteiger charge is -2.31. The van der Waals surface area contributed by atoms with Gasteiger partial charge in [-0.1, -0.05) is 13.3 Å². The van der Waals surface area contributed by atoms with Crippen LogP contribution in [0.1, 0.15) is 45.0 Å². The molecule has 2 aromatic heterocycles. The van der Waals surface area contributed by atoms with Gasteiger partial charge in [-0.15, -0.1) is 0 Å². The molecule has 3 heterocycles. The van der Waals surface area contributed by atoms with Gasteiger partial charge in [0.15, 0.2) is 0 Å². The minimum Gasteiger partial charge on any atom is -0.315 e. The van der Waals surface area contributed by atoms with E-state index in [2.05, 4.69) is 22.1 Å². The largest absolute Gasteiger partial charge is 0.315 e. The number of pyridine rings is 1. The summed E-state index contributed by atoms with van der Waals surface area (Å²) in [6, 6.07) is 2.04. The van der Waals surface area contributed by atoms with Crippen molar-refractivity contribution < 1.29 is 0 Å². The van der Waals surface area contributed by atoms with Crippen molar-refractivity contribution in [2.45, 2.75) is 45.7 Å². The quantitative estimate of drug-likeness (QED) is 0.908. The smallest absolute Gasteiger partial charge is 0.262 e. The van der Waals surface area contributed by atoms with Gasteiger partial charge in [-0.2, -0.15) is 0 Å². The third-order valence-corrected chi connectivity index (χ3v) is 4.78. The second-order valence-electron chi connectivity index (χ2n) is 6.36. The van der Waals surface area contributed by atoms with Gasteiger partial charge in [0.05, 0.1) is 16.9 Å². The maximum atomic E-state index is 12.9. The second kappa shape index (κ2) is 7.85. The number of fused-ring (bicyclic) bond motifs is 1. The first-order valence-electron chi connectivity index (χ1n) is 9.05. The Kier molecular flexibility index (Phi) is 5.58. The van der Waals surface area contributed by atoms with E-state index in [0.717, 1.165) is 56.8 Å². The summed E-state index contributed by atoms with van der Waals surface area (Å²) in [7, 11) is 0. The Hall–Kier alpha value is -1.79. The molecule has 1 fully saturated rings. The van der Waals surface area contributed by atoms with Gasteiger partial charge in [0.25, 0.3) is 5.56 Å². The van der Waals surface area contributed by atoms with E-state index in [1.807, 2.05) is 17.6 Å². The zero-order valence-corrected chi connectivity index (χ0v) is 14.7. The van der Waals surface area contributed by atoms with Gasteiger partial charge < -0.3 is 5.32 Å². The molecule has 0 radical (unpaired) electrons. The number of rotatable bonds is 5. The SMILES string of the molecule is CCCC(c1nc2ccncc2c(=O)n1CC)N1CCCNCC1. The van der Waals surface area contributed by atoms with E-state index < -0.39 is 0 Å². The molecule has 1 saturated heterocycles. The van der Waals surface area contributed by atoms with E-state index in [9.17, 15) is 4.79 Å². The summed E-state index contributed by atoms with van der Waals surface area (Å²) in [4.78, 5) is 24.4. The molecular weight excluding hydrogens is 302 g/mol. The van der Waals surface area contributed by atoms with Gasteiger partial charge >= 0.3 is 0 Å². The molecule has 1 aliphatic heterocycles. The fourth-order valence-electron chi connectivity index (χ4n) is 3.57. The first-order chi connectivity index (χ1) is 11.8. The normalized spacial score (nSPS) is 17.8. The minimum atomic E-state index is 0.0275. The highest BCUT2D eigenvalue weighted by Crippen LogP contribution is 2.25. The van der Waals surface area contributed by atoms with Crippen molar-refractivity contribution >= 4 is 10.9 Å². The lowest BCUT2D eigenvalue weighted by Crippen LogP contribution is -2.37. The first-order valence-corrected chi connectivity index (χ1v) is 9.05. The van der Waals surface area contributed by atoms with E-state index in [-0.39, 0.29) is 11.6 Å². The lowest BCUT2D eigenvalue weighted by molar-refractivity contribution is 0.185. The van der Waals surface area contributed by atoms with E-state index in [1.54, 1.807) is 12.4 Å². The average Bonchev–Trinajstić information content (AvgIpc) is 2.89. The van der Waals surface area contributed by atoms with Gasteiger partial charge in [-0.3, -0.25) is 19.2 Å². The number of nitrogens with zero attached hydrogens (tertiary/aromatic N) is 4. The van der Waals surface area contributed by atoms with Crippen molar-refractivity contribution in [2.75, 3.05) is 26.2 Å². The maximum absolute atomic E-state index is 12.9. The maximum Gasteiger partial charge on any atom is 0.262 e. The van der Waals surface area contributed by atoms with Crippen LogP contribution in [0.2, 0.25) is 0 Å². The molecule has 1 N–H and O–H groups in total. The zero-order chi connectivity index (χ0) is 16.9. The summed E-state index contributed by atoms with van der Waals surface area (Å²) >= 11 is 0. The van der Waals surface area contributed by atoms with Crippen LogP contribution in [0, 0.1) is 0 Å². The van der Waals surface area contributed by atoms with E-state index in [4.69, 9.17) is 4.98 Å².